The number of rotatable bonds is 4. The highest BCUT2D eigenvalue weighted by Crippen LogP contribution is 2.31. The van der Waals surface area contributed by atoms with Gasteiger partial charge in [0.15, 0.2) is 6.29 Å². The van der Waals surface area contributed by atoms with Crippen LogP contribution in [0.25, 0.3) is 0 Å². The molecule has 28 heavy (non-hydrogen) atoms. The van der Waals surface area contributed by atoms with E-state index in [4.69, 9.17) is 9.47 Å². The number of ether oxygens (including phenoxy) is 2. The van der Waals surface area contributed by atoms with E-state index in [1.54, 1.807) is 4.90 Å². The van der Waals surface area contributed by atoms with Crippen molar-refractivity contribution >= 4 is 17.5 Å². The number of piperidine rings is 1. The minimum atomic E-state index is -0.264. The van der Waals surface area contributed by atoms with E-state index in [-0.39, 0.29) is 29.9 Å². The Morgan fingerprint density at radius 3 is 2.71 bits per heavy atom. The zero-order valence-corrected chi connectivity index (χ0v) is 16.8. The highest BCUT2D eigenvalue weighted by molar-refractivity contribution is 6.00. The summed E-state index contributed by atoms with van der Waals surface area (Å²) >= 11 is 0. The van der Waals surface area contributed by atoms with Crippen LogP contribution in [0.2, 0.25) is 0 Å². The summed E-state index contributed by atoms with van der Waals surface area (Å²) in [5.74, 6) is 0.504. The topological polar surface area (TPSA) is 59.1 Å². The number of carbonyl (C=O) groups excluding carboxylic acids is 2. The molecule has 0 saturated carbocycles. The quantitative estimate of drug-likeness (QED) is 0.798. The highest BCUT2D eigenvalue weighted by atomic mass is 16.7. The van der Waals surface area contributed by atoms with Crippen molar-refractivity contribution in [1.29, 1.82) is 0 Å². The minimum Gasteiger partial charge on any atom is -0.350 e. The number of benzene rings is 1. The summed E-state index contributed by atoms with van der Waals surface area (Å²) in [5, 5.41) is 0. The van der Waals surface area contributed by atoms with Crippen molar-refractivity contribution in [2.24, 2.45) is 11.8 Å². The first-order valence-electron chi connectivity index (χ1n) is 10.4. The lowest BCUT2D eigenvalue weighted by Gasteiger charge is -2.36. The number of anilines is 1. The van der Waals surface area contributed by atoms with E-state index in [1.165, 1.54) is 5.56 Å². The predicted octanol–water partition coefficient (Wildman–Crippen LogP) is 2.77. The molecule has 6 heteroatoms. The van der Waals surface area contributed by atoms with Crippen LogP contribution in [-0.2, 0) is 19.1 Å². The number of amides is 2. The molecule has 3 heterocycles. The molecule has 0 aliphatic carbocycles. The van der Waals surface area contributed by atoms with Gasteiger partial charge in [-0.15, -0.1) is 0 Å². The maximum atomic E-state index is 13.1. The van der Waals surface area contributed by atoms with Gasteiger partial charge in [0, 0.05) is 37.7 Å². The van der Waals surface area contributed by atoms with Crippen LogP contribution in [0.4, 0.5) is 5.69 Å². The van der Waals surface area contributed by atoms with E-state index in [1.807, 2.05) is 17.0 Å². The van der Waals surface area contributed by atoms with Gasteiger partial charge in [-0.05, 0) is 36.5 Å². The molecule has 2 amide bonds. The van der Waals surface area contributed by atoms with Crippen molar-refractivity contribution in [3.05, 3.63) is 29.8 Å². The van der Waals surface area contributed by atoms with Crippen LogP contribution in [-0.4, -0.2) is 55.9 Å². The van der Waals surface area contributed by atoms with Crippen LogP contribution in [0.15, 0.2) is 24.3 Å². The van der Waals surface area contributed by atoms with E-state index in [9.17, 15) is 9.59 Å². The van der Waals surface area contributed by atoms with Gasteiger partial charge in [-0.3, -0.25) is 9.59 Å². The lowest BCUT2D eigenvalue weighted by atomic mass is 9.95. The number of hydrogen-bond donors (Lipinski definition) is 0. The molecule has 0 aromatic heterocycles. The lowest BCUT2D eigenvalue weighted by Crippen LogP contribution is -2.46. The molecule has 4 rings (SSSR count). The summed E-state index contributed by atoms with van der Waals surface area (Å²) in [6, 6.07) is 8.10. The molecule has 0 spiro atoms. The molecule has 1 aromatic carbocycles. The fraction of sp³-hybridized carbons (Fsp3) is 0.636. The Bertz CT molecular complexity index is 729. The fourth-order valence-electron chi connectivity index (χ4n) is 4.51. The van der Waals surface area contributed by atoms with Crippen LogP contribution in [0.5, 0.6) is 0 Å². The molecule has 0 radical (unpaired) electrons. The first-order valence-corrected chi connectivity index (χ1v) is 10.4. The Morgan fingerprint density at radius 1 is 1.18 bits per heavy atom. The average Bonchev–Trinajstić information content (AvgIpc) is 3.37. The van der Waals surface area contributed by atoms with Crippen LogP contribution in [0.1, 0.15) is 44.6 Å². The molecule has 2 atom stereocenters. The molecule has 152 valence electrons. The van der Waals surface area contributed by atoms with Crippen molar-refractivity contribution in [2.75, 3.05) is 37.7 Å². The summed E-state index contributed by atoms with van der Waals surface area (Å²) in [6.07, 6.45) is 2.09. The SMILES string of the molecule is CC(C)c1cccc(N2CC(C(=O)N3CCCC(C4OCCO4)C3)CC2=O)c1. The van der Waals surface area contributed by atoms with E-state index >= 15 is 0 Å². The second-order valence-corrected chi connectivity index (χ2v) is 8.45. The van der Waals surface area contributed by atoms with E-state index < -0.39 is 0 Å². The number of hydrogen-bond acceptors (Lipinski definition) is 4. The molecular formula is C22H30N2O4. The smallest absolute Gasteiger partial charge is 0.228 e. The second-order valence-electron chi connectivity index (χ2n) is 8.45. The van der Waals surface area contributed by atoms with Gasteiger partial charge in [-0.2, -0.15) is 0 Å². The summed E-state index contributed by atoms with van der Waals surface area (Å²) < 4.78 is 11.3. The zero-order chi connectivity index (χ0) is 19.7. The van der Waals surface area contributed by atoms with Crippen molar-refractivity contribution in [3.8, 4) is 0 Å². The maximum absolute atomic E-state index is 13.1. The van der Waals surface area contributed by atoms with Crippen molar-refractivity contribution in [1.82, 2.24) is 4.90 Å². The molecule has 6 nitrogen and oxygen atoms in total. The Morgan fingerprint density at radius 2 is 1.96 bits per heavy atom. The Balaban J connectivity index is 1.41. The Labute approximate surface area is 166 Å². The summed E-state index contributed by atoms with van der Waals surface area (Å²) in [4.78, 5) is 29.5. The predicted molar refractivity (Wildman–Crippen MR) is 106 cm³/mol. The van der Waals surface area contributed by atoms with Crippen LogP contribution in [0, 0.1) is 11.8 Å². The molecular weight excluding hydrogens is 356 g/mol. The van der Waals surface area contributed by atoms with E-state index in [2.05, 4.69) is 26.0 Å². The normalized spacial score (nSPS) is 26.5. The molecule has 2 unspecified atom stereocenters. The van der Waals surface area contributed by atoms with E-state index in [0.717, 1.165) is 25.1 Å². The third-order valence-electron chi connectivity index (χ3n) is 6.12. The Hall–Kier alpha value is -1.92. The Kier molecular flexibility index (Phi) is 5.69. The van der Waals surface area contributed by atoms with Crippen LogP contribution < -0.4 is 4.90 Å². The molecule has 3 aliphatic rings. The largest absolute Gasteiger partial charge is 0.350 e. The maximum Gasteiger partial charge on any atom is 0.228 e. The van der Waals surface area contributed by atoms with Gasteiger partial charge < -0.3 is 19.3 Å². The number of likely N-dealkylation sites (tertiary alicyclic amines) is 1. The van der Waals surface area contributed by atoms with Crippen LogP contribution >= 0.6 is 0 Å². The fourth-order valence-corrected chi connectivity index (χ4v) is 4.51. The summed E-state index contributed by atoms with van der Waals surface area (Å²) in [7, 11) is 0. The molecule has 0 bridgehead atoms. The van der Waals surface area contributed by atoms with Crippen molar-refractivity contribution in [3.63, 3.8) is 0 Å². The van der Waals surface area contributed by atoms with E-state index in [0.29, 0.717) is 38.6 Å². The molecule has 0 N–H and O–H groups in total. The van der Waals surface area contributed by atoms with Crippen molar-refractivity contribution < 1.29 is 19.1 Å². The van der Waals surface area contributed by atoms with Gasteiger partial charge in [-0.1, -0.05) is 26.0 Å². The zero-order valence-electron chi connectivity index (χ0n) is 16.8. The minimum absolute atomic E-state index is 0.0373. The standard InChI is InChI=1S/C22H30N2O4/c1-15(2)16-5-3-7-19(11-16)24-14-18(12-20(24)25)21(26)23-8-4-6-17(13-23)22-27-9-10-28-22/h3,5,7,11,15,17-18,22H,4,6,8-10,12-14H2,1-2H3. The highest BCUT2D eigenvalue weighted by Gasteiger charge is 2.40. The van der Waals surface area contributed by atoms with Gasteiger partial charge >= 0.3 is 0 Å². The summed E-state index contributed by atoms with van der Waals surface area (Å²) in [5.41, 5.74) is 2.10. The molecule has 1 aromatic rings. The monoisotopic (exact) mass is 386 g/mol. The van der Waals surface area contributed by atoms with Gasteiger partial charge in [0.2, 0.25) is 11.8 Å². The molecule has 3 saturated heterocycles. The van der Waals surface area contributed by atoms with Gasteiger partial charge in [0.25, 0.3) is 0 Å². The second kappa shape index (κ2) is 8.21. The number of carbonyl (C=O) groups is 2. The van der Waals surface area contributed by atoms with Gasteiger partial charge in [0.1, 0.15) is 0 Å². The summed E-state index contributed by atoms with van der Waals surface area (Å²) in [6.45, 7) is 7.44. The third-order valence-corrected chi connectivity index (χ3v) is 6.12. The lowest BCUT2D eigenvalue weighted by molar-refractivity contribution is -0.143. The van der Waals surface area contributed by atoms with Gasteiger partial charge in [-0.25, -0.2) is 0 Å². The molecule has 3 fully saturated rings. The van der Waals surface area contributed by atoms with Crippen molar-refractivity contribution in [2.45, 2.75) is 45.3 Å². The number of nitrogens with zero attached hydrogens (tertiary/aromatic N) is 2. The molecule has 3 aliphatic heterocycles. The van der Waals surface area contributed by atoms with Crippen LogP contribution in [0.3, 0.4) is 0 Å². The first kappa shape index (κ1) is 19.4. The third kappa shape index (κ3) is 3.94. The first-order chi connectivity index (χ1) is 13.5. The average molecular weight is 386 g/mol. The van der Waals surface area contributed by atoms with Gasteiger partial charge in [0.05, 0.1) is 19.1 Å².